The summed E-state index contributed by atoms with van der Waals surface area (Å²) in [5.41, 5.74) is 1.69. The van der Waals surface area contributed by atoms with Crippen molar-refractivity contribution in [3.05, 3.63) is 48.7 Å². The maximum Gasteiger partial charge on any atom is 0.482 e. The summed E-state index contributed by atoms with van der Waals surface area (Å²) >= 11 is 0. The first-order valence-electron chi connectivity index (χ1n) is 14.0. The van der Waals surface area contributed by atoms with Crippen LogP contribution in [0.5, 0.6) is 0 Å². The standard InChI is InChI=1S/C29H38BN3O5/c1-5-26(34)33-12-8-9-20(33)16-31-27(35)32-25(13-18-17-36-22-11-7-6-10-21(18)22)30-37-24-15-19-14-23(28(19,2)3)29(24,4)38-30/h5-7,10-11,17,19-20,23-25H,1,8-9,12-16H2,2-4H3,(H2,31,32,35)/t19?,20-,23?,24-,25+,29+/m1/s1. The summed E-state index contributed by atoms with van der Waals surface area (Å²) in [6, 6.07) is 7.59. The van der Waals surface area contributed by atoms with Crippen LogP contribution < -0.4 is 10.6 Å². The highest BCUT2D eigenvalue weighted by molar-refractivity contribution is 6.48. The molecule has 3 saturated carbocycles. The molecule has 2 aliphatic heterocycles. The Bertz CT molecular complexity index is 1250. The third-order valence-electron chi connectivity index (χ3n) is 9.95. The van der Waals surface area contributed by atoms with E-state index in [0.717, 1.165) is 35.8 Å². The van der Waals surface area contributed by atoms with Crippen molar-refractivity contribution >= 4 is 30.0 Å². The number of amides is 3. The van der Waals surface area contributed by atoms with E-state index in [0.29, 0.717) is 31.3 Å². The van der Waals surface area contributed by atoms with E-state index < -0.39 is 13.1 Å². The molecule has 6 atom stereocenters. The first-order valence-corrected chi connectivity index (χ1v) is 14.0. The molecule has 2 saturated heterocycles. The zero-order valence-electron chi connectivity index (χ0n) is 22.6. The predicted octanol–water partition coefficient (Wildman–Crippen LogP) is 4.09. The second-order valence-electron chi connectivity index (χ2n) is 12.3. The van der Waals surface area contributed by atoms with Crippen LogP contribution in [0.4, 0.5) is 4.79 Å². The molecule has 3 amide bonds. The van der Waals surface area contributed by atoms with E-state index in [1.54, 1.807) is 11.2 Å². The SMILES string of the molecule is C=CC(=O)N1CCC[C@@H]1CNC(=O)N[C@@H](Cc1coc2ccccc12)B1O[C@@H]2CC3CC(C3(C)C)[C@]2(C)O1. The number of rotatable bonds is 7. The molecule has 5 aliphatic rings. The number of urea groups is 1. The van der Waals surface area contributed by atoms with Gasteiger partial charge in [-0.2, -0.15) is 0 Å². The number of benzene rings is 1. The molecule has 202 valence electrons. The zero-order valence-corrected chi connectivity index (χ0v) is 22.6. The second-order valence-corrected chi connectivity index (χ2v) is 12.3. The topological polar surface area (TPSA) is 93.0 Å². The minimum atomic E-state index is -0.565. The van der Waals surface area contributed by atoms with E-state index in [1.807, 2.05) is 24.3 Å². The largest absolute Gasteiger partial charge is 0.482 e. The Morgan fingerprint density at radius 1 is 1.26 bits per heavy atom. The number of carbonyl (C=O) groups excluding carboxylic acids is 2. The highest BCUT2D eigenvalue weighted by Crippen LogP contribution is 2.65. The summed E-state index contributed by atoms with van der Waals surface area (Å²) in [6.45, 7) is 11.6. The van der Waals surface area contributed by atoms with Crippen LogP contribution in [0.3, 0.4) is 0 Å². The molecule has 2 bridgehead atoms. The number of likely N-dealkylation sites (tertiary alicyclic amines) is 1. The van der Waals surface area contributed by atoms with Crippen molar-refractivity contribution in [3.63, 3.8) is 0 Å². The normalized spacial score (nSPS) is 32.0. The average Bonchev–Trinajstić information content (AvgIpc) is 3.62. The van der Waals surface area contributed by atoms with Gasteiger partial charge in [-0.15, -0.1) is 0 Å². The van der Waals surface area contributed by atoms with Crippen molar-refractivity contribution in [2.24, 2.45) is 17.3 Å². The van der Waals surface area contributed by atoms with Crippen molar-refractivity contribution in [1.82, 2.24) is 15.5 Å². The van der Waals surface area contributed by atoms with Gasteiger partial charge < -0.3 is 29.3 Å². The molecule has 0 radical (unpaired) electrons. The smallest absolute Gasteiger partial charge is 0.464 e. The quantitative estimate of drug-likeness (QED) is 0.425. The summed E-state index contributed by atoms with van der Waals surface area (Å²) in [5.74, 6) is 0.578. The summed E-state index contributed by atoms with van der Waals surface area (Å²) in [4.78, 5) is 27.1. The van der Waals surface area contributed by atoms with Gasteiger partial charge in [-0.05, 0) is 74.0 Å². The first-order chi connectivity index (χ1) is 18.2. The van der Waals surface area contributed by atoms with Crippen LogP contribution in [0, 0.1) is 17.3 Å². The van der Waals surface area contributed by atoms with E-state index in [-0.39, 0.29) is 35.1 Å². The molecular formula is C29H38BN3O5. The van der Waals surface area contributed by atoms with Crippen LogP contribution in [-0.2, 0) is 20.5 Å². The molecule has 2 N–H and O–H groups in total. The lowest BCUT2D eigenvalue weighted by atomic mass is 9.43. The van der Waals surface area contributed by atoms with Gasteiger partial charge in [0.2, 0.25) is 5.91 Å². The van der Waals surface area contributed by atoms with E-state index in [1.165, 1.54) is 12.5 Å². The predicted molar refractivity (Wildman–Crippen MR) is 145 cm³/mol. The van der Waals surface area contributed by atoms with Crippen molar-refractivity contribution < 1.29 is 23.3 Å². The lowest BCUT2D eigenvalue weighted by molar-refractivity contribution is -0.199. The molecule has 0 spiro atoms. The fourth-order valence-corrected chi connectivity index (χ4v) is 7.60. The van der Waals surface area contributed by atoms with E-state index in [9.17, 15) is 9.59 Å². The fourth-order valence-electron chi connectivity index (χ4n) is 7.60. The number of hydrogen-bond acceptors (Lipinski definition) is 5. The Kier molecular flexibility index (Phi) is 6.34. The lowest BCUT2D eigenvalue weighted by Gasteiger charge is -2.64. The zero-order chi connectivity index (χ0) is 26.7. The van der Waals surface area contributed by atoms with E-state index in [4.69, 9.17) is 13.7 Å². The van der Waals surface area contributed by atoms with Crippen LogP contribution in [0.1, 0.15) is 52.0 Å². The molecule has 5 fully saturated rings. The average molecular weight is 519 g/mol. The van der Waals surface area contributed by atoms with E-state index in [2.05, 4.69) is 38.0 Å². The Morgan fingerprint density at radius 2 is 2.08 bits per heavy atom. The molecule has 7 rings (SSSR count). The van der Waals surface area contributed by atoms with Gasteiger partial charge in [-0.1, -0.05) is 38.6 Å². The van der Waals surface area contributed by atoms with Crippen molar-refractivity contribution in [2.75, 3.05) is 13.1 Å². The molecule has 2 aromatic rings. The van der Waals surface area contributed by atoms with Gasteiger partial charge in [-0.25, -0.2) is 4.79 Å². The van der Waals surface area contributed by atoms with Gasteiger partial charge in [0.05, 0.1) is 23.9 Å². The van der Waals surface area contributed by atoms with Crippen LogP contribution in [0.15, 0.2) is 47.6 Å². The summed E-state index contributed by atoms with van der Waals surface area (Å²) in [6.07, 6.45) is 7.57. The number of furan rings is 1. The number of fused-ring (bicyclic) bond motifs is 1. The van der Waals surface area contributed by atoms with Gasteiger partial charge in [0.15, 0.2) is 0 Å². The molecule has 38 heavy (non-hydrogen) atoms. The molecule has 1 aromatic heterocycles. The van der Waals surface area contributed by atoms with Crippen LogP contribution in [-0.4, -0.2) is 60.7 Å². The first kappa shape index (κ1) is 25.5. The Morgan fingerprint density at radius 3 is 2.87 bits per heavy atom. The number of nitrogens with one attached hydrogen (secondary N) is 2. The van der Waals surface area contributed by atoms with Crippen molar-refractivity contribution in [2.45, 2.75) is 76.6 Å². The number of nitrogens with zero attached hydrogens (tertiary/aromatic N) is 1. The summed E-state index contributed by atoms with van der Waals surface area (Å²) < 4.78 is 19.1. The fraction of sp³-hybridized carbons (Fsp3) is 0.586. The minimum absolute atomic E-state index is 0.0229. The third-order valence-corrected chi connectivity index (χ3v) is 9.95. The molecule has 3 heterocycles. The van der Waals surface area contributed by atoms with Crippen molar-refractivity contribution in [3.8, 4) is 0 Å². The van der Waals surface area contributed by atoms with Gasteiger partial charge in [-0.3, -0.25) is 4.79 Å². The Hall–Kier alpha value is -2.78. The van der Waals surface area contributed by atoms with Crippen LogP contribution in [0.25, 0.3) is 11.0 Å². The molecule has 9 heteroatoms. The summed E-state index contributed by atoms with van der Waals surface area (Å²) in [7, 11) is -0.565. The van der Waals surface area contributed by atoms with Gasteiger partial charge in [0.1, 0.15) is 5.58 Å². The Labute approximate surface area is 224 Å². The monoisotopic (exact) mass is 519 g/mol. The van der Waals surface area contributed by atoms with Gasteiger partial charge >= 0.3 is 13.1 Å². The maximum absolute atomic E-state index is 13.2. The van der Waals surface area contributed by atoms with Crippen LogP contribution >= 0.6 is 0 Å². The second kappa shape index (κ2) is 9.45. The molecule has 8 nitrogen and oxygen atoms in total. The molecule has 2 unspecified atom stereocenters. The number of hydrogen-bond donors (Lipinski definition) is 2. The minimum Gasteiger partial charge on any atom is -0.464 e. The molecule has 1 aromatic carbocycles. The summed E-state index contributed by atoms with van der Waals surface area (Å²) in [5, 5.41) is 7.17. The maximum atomic E-state index is 13.2. The number of para-hydroxylation sites is 1. The van der Waals surface area contributed by atoms with Crippen molar-refractivity contribution in [1.29, 1.82) is 0 Å². The number of carbonyl (C=O) groups is 2. The lowest BCUT2D eigenvalue weighted by Crippen LogP contribution is -2.65. The highest BCUT2D eigenvalue weighted by atomic mass is 16.7. The Balaban J connectivity index is 1.19. The van der Waals surface area contributed by atoms with Gasteiger partial charge in [0.25, 0.3) is 0 Å². The van der Waals surface area contributed by atoms with E-state index >= 15 is 0 Å². The third kappa shape index (κ3) is 4.15. The molecular weight excluding hydrogens is 481 g/mol. The molecule has 3 aliphatic carbocycles. The highest BCUT2D eigenvalue weighted by Gasteiger charge is 2.68. The van der Waals surface area contributed by atoms with Gasteiger partial charge in [0, 0.05) is 24.5 Å². The van der Waals surface area contributed by atoms with Crippen LogP contribution in [0.2, 0.25) is 0 Å².